The van der Waals surface area contributed by atoms with Gasteiger partial charge in [-0.25, -0.2) is 0 Å². The number of aromatic nitrogens is 2. The minimum Gasteiger partial charge on any atom is -0.334 e. The molecule has 0 atom stereocenters. The number of carbonyl (C=O) groups is 1. The maximum atomic E-state index is 13.4. The normalized spacial score (nSPS) is 13.7. The SMILES string of the molecule is O=C(Cn1c2ccccc2c(=O)c2ccccc21)N(Cc1cccnc1)C1CC1. The molecular formula is C24H21N3O2. The van der Waals surface area contributed by atoms with Crippen molar-refractivity contribution in [2.45, 2.75) is 32.0 Å². The number of amides is 1. The second-order valence-corrected chi connectivity index (χ2v) is 7.56. The third-order valence-corrected chi connectivity index (χ3v) is 5.56. The summed E-state index contributed by atoms with van der Waals surface area (Å²) in [6.07, 6.45) is 5.63. The molecule has 0 radical (unpaired) electrons. The van der Waals surface area contributed by atoms with E-state index in [0.29, 0.717) is 23.4 Å². The van der Waals surface area contributed by atoms with Crippen LogP contribution in [0.25, 0.3) is 21.8 Å². The van der Waals surface area contributed by atoms with E-state index in [9.17, 15) is 9.59 Å². The van der Waals surface area contributed by atoms with E-state index in [4.69, 9.17) is 0 Å². The molecule has 4 aromatic rings. The zero-order valence-electron chi connectivity index (χ0n) is 16.0. The van der Waals surface area contributed by atoms with E-state index in [1.54, 1.807) is 6.20 Å². The summed E-state index contributed by atoms with van der Waals surface area (Å²) in [5.74, 6) is 0.0651. The Morgan fingerprint density at radius 2 is 1.62 bits per heavy atom. The molecule has 0 saturated heterocycles. The van der Waals surface area contributed by atoms with Gasteiger partial charge in [-0.2, -0.15) is 0 Å². The van der Waals surface area contributed by atoms with Gasteiger partial charge in [0.15, 0.2) is 5.43 Å². The molecule has 5 rings (SSSR count). The van der Waals surface area contributed by atoms with Gasteiger partial charge < -0.3 is 9.47 Å². The number of carbonyl (C=O) groups excluding carboxylic acids is 1. The second kappa shape index (κ2) is 7.17. The lowest BCUT2D eigenvalue weighted by Gasteiger charge is -2.24. The van der Waals surface area contributed by atoms with Crippen molar-refractivity contribution in [1.82, 2.24) is 14.5 Å². The number of hydrogen-bond donors (Lipinski definition) is 0. The Hall–Kier alpha value is -3.47. The molecule has 0 bridgehead atoms. The molecule has 1 fully saturated rings. The molecule has 144 valence electrons. The van der Waals surface area contributed by atoms with Gasteiger partial charge in [0.1, 0.15) is 6.54 Å². The van der Waals surface area contributed by atoms with Crippen LogP contribution in [0.15, 0.2) is 77.9 Å². The highest BCUT2D eigenvalue weighted by molar-refractivity contribution is 5.94. The van der Waals surface area contributed by atoms with Crippen LogP contribution in [0.5, 0.6) is 0 Å². The van der Waals surface area contributed by atoms with Crippen molar-refractivity contribution in [3.63, 3.8) is 0 Å². The average molecular weight is 383 g/mol. The van der Waals surface area contributed by atoms with Crippen LogP contribution in [0.4, 0.5) is 0 Å². The molecule has 5 heteroatoms. The quantitative estimate of drug-likeness (QED) is 0.493. The highest BCUT2D eigenvalue weighted by atomic mass is 16.2. The van der Waals surface area contributed by atoms with Crippen LogP contribution in [0.3, 0.4) is 0 Å². The molecule has 0 unspecified atom stereocenters. The number of para-hydroxylation sites is 2. The van der Waals surface area contributed by atoms with E-state index in [-0.39, 0.29) is 17.9 Å². The molecule has 2 heterocycles. The van der Waals surface area contributed by atoms with Crippen LogP contribution in [-0.4, -0.2) is 26.4 Å². The number of pyridine rings is 2. The van der Waals surface area contributed by atoms with Gasteiger partial charge in [0.2, 0.25) is 5.91 Å². The molecule has 5 nitrogen and oxygen atoms in total. The average Bonchev–Trinajstić information content (AvgIpc) is 3.61. The van der Waals surface area contributed by atoms with Crippen molar-refractivity contribution in [1.29, 1.82) is 0 Å². The molecule has 1 aliphatic carbocycles. The Morgan fingerprint density at radius 1 is 0.966 bits per heavy atom. The summed E-state index contributed by atoms with van der Waals surface area (Å²) in [7, 11) is 0. The minimum atomic E-state index is 0.00862. The number of nitrogens with zero attached hydrogens (tertiary/aromatic N) is 3. The summed E-state index contributed by atoms with van der Waals surface area (Å²) in [4.78, 5) is 32.4. The van der Waals surface area contributed by atoms with Gasteiger partial charge in [0.05, 0.1) is 11.0 Å². The first-order valence-corrected chi connectivity index (χ1v) is 9.91. The first-order chi connectivity index (χ1) is 14.2. The summed E-state index contributed by atoms with van der Waals surface area (Å²) in [5, 5.41) is 1.29. The summed E-state index contributed by atoms with van der Waals surface area (Å²) in [6.45, 7) is 0.769. The molecule has 1 amide bonds. The van der Waals surface area contributed by atoms with Crippen molar-refractivity contribution in [2.75, 3.05) is 0 Å². The second-order valence-electron chi connectivity index (χ2n) is 7.56. The Labute approximate surface area is 168 Å². The van der Waals surface area contributed by atoms with Crippen molar-refractivity contribution >= 4 is 27.7 Å². The Morgan fingerprint density at radius 3 is 2.21 bits per heavy atom. The minimum absolute atomic E-state index is 0.00862. The summed E-state index contributed by atoms with van der Waals surface area (Å²) in [5.41, 5.74) is 2.63. The molecule has 0 N–H and O–H groups in total. The van der Waals surface area contributed by atoms with Crippen LogP contribution < -0.4 is 5.43 Å². The van der Waals surface area contributed by atoms with Gasteiger partial charge in [-0.3, -0.25) is 14.6 Å². The molecule has 1 aliphatic rings. The van der Waals surface area contributed by atoms with Gasteiger partial charge in [-0.15, -0.1) is 0 Å². The highest BCUT2D eigenvalue weighted by Crippen LogP contribution is 2.29. The standard InChI is InChI=1S/C24H21N3O2/c28-23(26(18-11-12-18)15-17-6-5-13-25-14-17)16-27-21-9-3-1-7-19(21)24(29)20-8-2-4-10-22(20)27/h1-10,13-14,18H,11-12,15-16H2. The Kier molecular flexibility index (Phi) is 4.35. The topological polar surface area (TPSA) is 55.2 Å². The molecular weight excluding hydrogens is 362 g/mol. The van der Waals surface area contributed by atoms with Crippen LogP contribution >= 0.6 is 0 Å². The molecule has 29 heavy (non-hydrogen) atoms. The maximum absolute atomic E-state index is 13.4. The van der Waals surface area contributed by atoms with E-state index in [0.717, 1.165) is 29.4 Å². The number of hydrogen-bond acceptors (Lipinski definition) is 3. The van der Waals surface area contributed by atoms with Crippen molar-refractivity contribution < 1.29 is 4.79 Å². The van der Waals surface area contributed by atoms with Crippen molar-refractivity contribution in [2.24, 2.45) is 0 Å². The molecule has 2 aromatic carbocycles. The lowest BCUT2D eigenvalue weighted by molar-refractivity contribution is -0.132. The van der Waals surface area contributed by atoms with Gasteiger partial charge in [-0.1, -0.05) is 30.3 Å². The number of benzene rings is 2. The lowest BCUT2D eigenvalue weighted by atomic mass is 10.1. The van der Waals surface area contributed by atoms with E-state index in [1.807, 2.05) is 76.3 Å². The number of fused-ring (bicyclic) bond motifs is 2. The van der Waals surface area contributed by atoms with Gasteiger partial charge in [0, 0.05) is 35.8 Å². The highest BCUT2D eigenvalue weighted by Gasteiger charge is 2.32. The van der Waals surface area contributed by atoms with E-state index < -0.39 is 0 Å². The maximum Gasteiger partial charge on any atom is 0.243 e. The van der Waals surface area contributed by atoms with Crippen LogP contribution in [0.1, 0.15) is 18.4 Å². The third kappa shape index (κ3) is 3.29. The van der Waals surface area contributed by atoms with Crippen molar-refractivity contribution in [3.05, 3.63) is 88.8 Å². The summed E-state index contributed by atoms with van der Waals surface area (Å²) >= 11 is 0. The largest absolute Gasteiger partial charge is 0.334 e. The predicted molar refractivity (Wildman–Crippen MR) is 114 cm³/mol. The predicted octanol–water partition coefficient (Wildman–Crippen LogP) is 3.74. The zero-order chi connectivity index (χ0) is 19.8. The summed E-state index contributed by atoms with van der Waals surface area (Å²) in [6, 6.07) is 19.2. The molecule has 0 aliphatic heterocycles. The van der Waals surface area contributed by atoms with Crippen LogP contribution in [0.2, 0.25) is 0 Å². The Balaban J connectivity index is 1.57. The fraction of sp³-hybridized carbons (Fsp3) is 0.208. The van der Waals surface area contributed by atoms with E-state index in [1.165, 1.54) is 0 Å². The fourth-order valence-corrected chi connectivity index (χ4v) is 3.97. The summed E-state index contributed by atoms with van der Waals surface area (Å²) < 4.78 is 1.98. The van der Waals surface area contributed by atoms with E-state index in [2.05, 4.69) is 4.98 Å². The first kappa shape index (κ1) is 17.6. The zero-order valence-corrected chi connectivity index (χ0v) is 16.0. The lowest BCUT2D eigenvalue weighted by Crippen LogP contribution is -2.35. The van der Waals surface area contributed by atoms with Gasteiger partial charge in [-0.05, 0) is 48.7 Å². The van der Waals surface area contributed by atoms with Gasteiger partial charge >= 0.3 is 0 Å². The molecule has 2 aromatic heterocycles. The Bertz CT molecular complexity index is 1200. The fourth-order valence-electron chi connectivity index (χ4n) is 3.97. The first-order valence-electron chi connectivity index (χ1n) is 9.91. The third-order valence-electron chi connectivity index (χ3n) is 5.56. The van der Waals surface area contributed by atoms with Crippen molar-refractivity contribution in [3.8, 4) is 0 Å². The van der Waals surface area contributed by atoms with E-state index >= 15 is 0 Å². The monoisotopic (exact) mass is 383 g/mol. The van der Waals surface area contributed by atoms with Gasteiger partial charge in [0.25, 0.3) is 0 Å². The van der Waals surface area contributed by atoms with Crippen LogP contribution in [-0.2, 0) is 17.9 Å². The van der Waals surface area contributed by atoms with Crippen LogP contribution in [0, 0.1) is 0 Å². The smallest absolute Gasteiger partial charge is 0.243 e. The molecule has 1 saturated carbocycles. The molecule has 0 spiro atoms. The number of rotatable bonds is 5.